The van der Waals surface area contributed by atoms with Gasteiger partial charge in [0.05, 0.1) is 12.2 Å². The van der Waals surface area contributed by atoms with Gasteiger partial charge in [-0.2, -0.15) is 0 Å². The normalized spacial score (nSPS) is 20.7. The Morgan fingerprint density at radius 3 is 2.10 bits per heavy atom. The molecule has 5 unspecified atom stereocenters. The van der Waals surface area contributed by atoms with E-state index in [1.807, 2.05) is 27.7 Å². The van der Waals surface area contributed by atoms with E-state index in [2.05, 4.69) is 6.92 Å². The molecule has 0 aliphatic rings. The molecule has 3 N–H and O–H groups in total. The fourth-order valence-electron chi connectivity index (χ4n) is 4.70. The number of hydrogen-bond acceptors (Lipinski definition) is 6. The van der Waals surface area contributed by atoms with E-state index in [4.69, 9.17) is 15.2 Å². The largest absolute Gasteiger partial charge is 0.441 e. The molecule has 0 bridgehead atoms. The van der Waals surface area contributed by atoms with Gasteiger partial charge in [-0.3, -0.25) is 4.79 Å². The maximum Gasteiger partial charge on any atom is 0.405 e. The molecule has 0 heterocycles. The molecular weight excluding hydrogens is 386 g/mol. The van der Waals surface area contributed by atoms with Gasteiger partial charge < -0.3 is 25.1 Å². The predicted molar refractivity (Wildman–Crippen MR) is 117 cm³/mol. The second kappa shape index (κ2) is 13.1. The lowest BCUT2D eigenvalue weighted by molar-refractivity contribution is -0.133. The van der Waals surface area contributed by atoms with Gasteiger partial charge >= 0.3 is 6.09 Å². The second-order valence-corrected chi connectivity index (χ2v) is 9.31. The summed E-state index contributed by atoms with van der Waals surface area (Å²) >= 11 is 0. The second-order valence-electron chi connectivity index (χ2n) is 9.31. The van der Waals surface area contributed by atoms with Crippen LogP contribution in [-0.4, -0.2) is 48.2 Å². The molecule has 0 aliphatic heterocycles. The van der Waals surface area contributed by atoms with E-state index >= 15 is 0 Å². The van der Waals surface area contributed by atoms with Crippen LogP contribution < -0.4 is 5.73 Å². The fourth-order valence-corrected chi connectivity index (χ4v) is 4.70. The number of ether oxygens (including phenoxy) is 2. The van der Waals surface area contributed by atoms with Crippen LogP contribution in [-0.2, 0) is 19.1 Å². The minimum Gasteiger partial charge on any atom is -0.441 e. The molecule has 0 aromatic heterocycles. The van der Waals surface area contributed by atoms with Crippen molar-refractivity contribution in [1.82, 2.24) is 0 Å². The third-order valence-electron chi connectivity index (χ3n) is 6.22. The van der Waals surface area contributed by atoms with Crippen LogP contribution in [0.4, 0.5) is 4.79 Å². The minimum absolute atomic E-state index is 0.0285. The van der Waals surface area contributed by atoms with Crippen molar-refractivity contribution in [2.45, 2.75) is 92.0 Å². The van der Waals surface area contributed by atoms with Crippen molar-refractivity contribution in [2.24, 2.45) is 35.3 Å². The number of amides is 1. The van der Waals surface area contributed by atoms with E-state index < -0.39 is 23.7 Å². The summed E-state index contributed by atoms with van der Waals surface area (Å²) in [4.78, 5) is 35.3. The van der Waals surface area contributed by atoms with Gasteiger partial charge in [0, 0.05) is 24.9 Å². The molecule has 7 heteroatoms. The molecule has 0 saturated heterocycles. The third-order valence-corrected chi connectivity index (χ3v) is 6.22. The van der Waals surface area contributed by atoms with Gasteiger partial charge in [-0.15, -0.1) is 0 Å². The SMILES string of the molecule is CCC(OC)[C@](C)(C[C@@H](C)C(=O)[C@H](C)CC(C)CC(C)C(O)C(C)C=O)OC(N)=O. The molecule has 0 aromatic rings. The molecular formula is C23H43NO6. The van der Waals surface area contributed by atoms with Crippen molar-refractivity contribution in [3.8, 4) is 0 Å². The van der Waals surface area contributed by atoms with E-state index in [0.29, 0.717) is 19.3 Å². The topological polar surface area (TPSA) is 116 Å². The summed E-state index contributed by atoms with van der Waals surface area (Å²) < 4.78 is 10.9. The Bertz CT molecular complexity index is 550. The molecule has 30 heavy (non-hydrogen) atoms. The summed E-state index contributed by atoms with van der Waals surface area (Å²) in [6.45, 7) is 13.1. The highest BCUT2D eigenvalue weighted by molar-refractivity contribution is 5.83. The van der Waals surface area contributed by atoms with Crippen LogP contribution in [0.2, 0.25) is 0 Å². The van der Waals surface area contributed by atoms with Gasteiger partial charge in [-0.25, -0.2) is 4.79 Å². The first kappa shape index (κ1) is 28.5. The number of carbonyl (C=O) groups is 3. The van der Waals surface area contributed by atoms with E-state index in [-0.39, 0.29) is 35.6 Å². The number of aliphatic hydroxyl groups excluding tert-OH is 1. The first-order valence-electron chi connectivity index (χ1n) is 11.0. The number of ketones is 1. The summed E-state index contributed by atoms with van der Waals surface area (Å²) in [5.41, 5.74) is 4.27. The van der Waals surface area contributed by atoms with Crippen molar-refractivity contribution in [3.05, 3.63) is 0 Å². The number of Topliss-reactive ketones (excluding diaryl/α,β-unsaturated/α-hetero) is 1. The summed E-state index contributed by atoms with van der Waals surface area (Å²) in [6, 6.07) is 0. The standard InChI is InChI=1S/C23H43NO6/c1-9-19(29-8)23(7,30-22(24)28)12-17(5)20(26)15(3)10-14(2)11-16(4)21(27)18(6)13-25/h13-19,21,27H,9-12H2,1-8H3,(H2,24,28)/t14?,15-,16?,17-,18?,19?,21?,23+/m1/s1. The molecule has 1 amide bonds. The van der Waals surface area contributed by atoms with Crippen LogP contribution in [0, 0.1) is 29.6 Å². The van der Waals surface area contributed by atoms with Crippen LogP contribution >= 0.6 is 0 Å². The van der Waals surface area contributed by atoms with Gasteiger partial charge in [0.15, 0.2) is 0 Å². The first-order chi connectivity index (χ1) is 13.8. The Kier molecular flexibility index (Phi) is 12.4. The molecule has 176 valence electrons. The van der Waals surface area contributed by atoms with Crippen molar-refractivity contribution >= 4 is 18.2 Å². The van der Waals surface area contributed by atoms with Gasteiger partial charge in [0.25, 0.3) is 0 Å². The van der Waals surface area contributed by atoms with E-state index in [9.17, 15) is 19.5 Å². The van der Waals surface area contributed by atoms with Crippen LogP contribution in [0.15, 0.2) is 0 Å². The Labute approximate surface area is 182 Å². The Morgan fingerprint density at radius 1 is 1.10 bits per heavy atom. The zero-order valence-corrected chi connectivity index (χ0v) is 20.0. The molecule has 0 rings (SSSR count). The number of hydrogen-bond donors (Lipinski definition) is 2. The molecule has 0 aliphatic carbocycles. The van der Waals surface area contributed by atoms with Crippen LogP contribution in [0.5, 0.6) is 0 Å². The number of methoxy groups -OCH3 is 1. The fraction of sp³-hybridized carbons (Fsp3) is 0.870. The number of primary amides is 1. The lowest BCUT2D eigenvalue weighted by atomic mass is 9.78. The van der Waals surface area contributed by atoms with Crippen molar-refractivity contribution in [2.75, 3.05) is 7.11 Å². The van der Waals surface area contributed by atoms with Crippen LogP contribution in [0.1, 0.15) is 74.1 Å². The molecule has 8 atom stereocenters. The summed E-state index contributed by atoms with van der Waals surface area (Å²) in [5, 5.41) is 10.2. The van der Waals surface area contributed by atoms with E-state index in [0.717, 1.165) is 12.7 Å². The monoisotopic (exact) mass is 429 g/mol. The lowest BCUT2D eigenvalue weighted by Crippen LogP contribution is -2.48. The third kappa shape index (κ3) is 8.72. The Balaban J connectivity index is 5.01. The number of nitrogens with two attached hydrogens (primary N) is 1. The molecule has 7 nitrogen and oxygen atoms in total. The van der Waals surface area contributed by atoms with E-state index in [1.54, 1.807) is 21.0 Å². The van der Waals surface area contributed by atoms with E-state index in [1.165, 1.54) is 0 Å². The van der Waals surface area contributed by atoms with Gasteiger partial charge in [0.2, 0.25) is 0 Å². The van der Waals surface area contributed by atoms with Crippen molar-refractivity contribution < 1.29 is 29.0 Å². The van der Waals surface area contributed by atoms with Gasteiger partial charge in [-0.1, -0.05) is 41.5 Å². The van der Waals surface area contributed by atoms with Crippen LogP contribution in [0.3, 0.4) is 0 Å². The smallest absolute Gasteiger partial charge is 0.405 e. The maximum atomic E-state index is 13.0. The van der Waals surface area contributed by atoms with Gasteiger partial charge in [0.1, 0.15) is 17.7 Å². The molecule has 0 spiro atoms. The quantitative estimate of drug-likeness (QED) is 0.383. The Hall–Kier alpha value is -1.47. The lowest BCUT2D eigenvalue weighted by Gasteiger charge is -2.37. The first-order valence-corrected chi connectivity index (χ1v) is 11.0. The zero-order chi connectivity index (χ0) is 23.6. The zero-order valence-electron chi connectivity index (χ0n) is 20.0. The molecule has 0 radical (unpaired) electrons. The Morgan fingerprint density at radius 2 is 1.67 bits per heavy atom. The van der Waals surface area contributed by atoms with Crippen molar-refractivity contribution in [3.63, 3.8) is 0 Å². The number of rotatable bonds is 15. The molecule has 0 fully saturated rings. The number of aldehydes is 1. The summed E-state index contributed by atoms with van der Waals surface area (Å²) in [7, 11) is 1.55. The highest BCUT2D eigenvalue weighted by atomic mass is 16.6. The average Bonchev–Trinajstić information content (AvgIpc) is 2.65. The van der Waals surface area contributed by atoms with Crippen LogP contribution in [0.25, 0.3) is 0 Å². The highest BCUT2D eigenvalue weighted by Crippen LogP contribution is 2.32. The molecule has 0 saturated carbocycles. The number of aliphatic hydroxyl groups is 1. The summed E-state index contributed by atoms with van der Waals surface area (Å²) in [6.07, 6.45) is 1.21. The highest BCUT2D eigenvalue weighted by Gasteiger charge is 2.40. The minimum atomic E-state index is -0.987. The average molecular weight is 430 g/mol. The molecule has 0 aromatic carbocycles. The van der Waals surface area contributed by atoms with Gasteiger partial charge in [-0.05, 0) is 44.4 Å². The summed E-state index contributed by atoms with van der Waals surface area (Å²) in [5.74, 6) is -0.625. The number of carbonyl (C=O) groups excluding carboxylic acids is 3. The van der Waals surface area contributed by atoms with Crippen molar-refractivity contribution in [1.29, 1.82) is 0 Å². The predicted octanol–water partition coefficient (Wildman–Crippen LogP) is 3.75. The maximum absolute atomic E-state index is 13.0.